The van der Waals surface area contributed by atoms with Crippen molar-refractivity contribution < 1.29 is 4.79 Å². The third-order valence-corrected chi connectivity index (χ3v) is 3.48. The summed E-state index contributed by atoms with van der Waals surface area (Å²) in [6, 6.07) is 9.30. The molecule has 0 bridgehead atoms. The zero-order valence-electron chi connectivity index (χ0n) is 14.0. The SMILES string of the molecule is CCCN(CCC)c1ccnc(Nc2cccc(C(C)=O)c2)n1. The van der Waals surface area contributed by atoms with Crippen molar-refractivity contribution in [1.29, 1.82) is 0 Å². The predicted octanol–water partition coefficient (Wildman–Crippen LogP) is 4.05. The Labute approximate surface area is 137 Å². The van der Waals surface area contributed by atoms with Crippen LogP contribution in [-0.2, 0) is 0 Å². The molecule has 0 unspecified atom stereocenters. The van der Waals surface area contributed by atoms with Gasteiger partial charge in [-0.3, -0.25) is 4.79 Å². The number of hydrogen-bond donors (Lipinski definition) is 1. The summed E-state index contributed by atoms with van der Waals surface area (Å²) in [6.45, 7) is 7.84. The highest BCUT2D eigenvalue weighted by Crippen LogP contribution is 2.18. The maximum atomic E-state index is 11.5. The summed E-state index contributed by atoms with van der Waals surface area (Å²) in [5, 5.41) is 3.18. The van der Waals surface area contributed by atoms with Crippen LogP contribution >= 0.6 is 0 Å². The van der Waals surface area contributed by atoms with E-state index in [0.29, 0.717) is 11.5 Å². The molecule has 1 N–H and O–H groups in total. The van der Waals surface area contributed by atoms with E-state index in [2.05, 4.69) is 34.0 Å². The predicted molar refractivity (Wildman–Crippen MR) is 94.6 cm³/mol. The summed E-state index contributed by atoms with van der Waals surface area (Å²) in [7, 11) is 0. The van der Waals surface area contributed by atoms with Gasteiger partial charge in [0.1, 0.15) is 5.82 Å². The zero-order chi connectivity index (χ0) is 16.7. The molecule has 23 heavy (non-hydrogen) atoms. The third-order valence-electron chi connectivity index (χ3n) is 3.48. The van der Waals surface area contributed by atoms with Crippen LogP contribution in [0.15, 0.2) is 36.5 Å². The van der Waals surface area contributed by atoms with Crippen LogP contribution in [0.5, 0.6) is 0 Å². The van der Waals surface area contributed by atoms with Crippen molar-refractivity contribution in [3.05, 3.63) is 42.1 Å². The van der Waals surface area contributed by atoms with Crippen LogP contribution < -0.4 is 10.2 Å². The molecule has 0 spiro atoms. The molecule has 5 nitrogen and oxygen atoms in total. The second-order valence-electron chi connectivity index (χ2n) is 5.49. The van der Waals surface area contributed by atoms with Crippen LogP contribution in [0.4, 0.5) is 17.5 Å². The molecule has 0 radical (unpaired) electrons. The van der Waals surface area contributed by atoms with E-state index >= 15 is 0 Å². The number of carbonyl (C=O) groups excluding carboxylic acids is 1. The number of Topliss-reactive ketones (excluding diaryl/α,β-unsaturated/α-hetero) is 1. The fourth-order valence-electron chi connectivity index (χ4n) is 2.41. The molecule has 0 aliphatic rings. The smallest absolute Gasteiger partial charge is 0.229 e. The van der Waals surface area contributed by atoms with Crippen LogP contribution in [0.2, 0.25) is 0 Å². The van der Waals surface area contributed by atoms with Crippen LogP contribution in [0.25, 0.3) is 0 Å². The molecule has 0 fully saturated rings. The molecule has 122 valence electrons. The summed E-state index contributed by atoms with van der Waals surface area (Å²) >= 11 is 0. The monoisotopic (exact) mass is 312 g/mol. The van der Waals surface area contributed by atoms with Gasteiger partial charge < -0.3 is 10.2 Å². The lowest BCUT2D eigenvalue weighted by Gasteiger charge is -2.22. The van der Waals surface area contributed by atoms with Crippen LogP contribution in [0, 0.1) is 0 Å². The summed E-state index contributed by atoms with van der Waals surface area (Å²) in [5.74, 6) is 1.51. The van der Waals surface area contributed by atoms with E-state index in [1.165, 1.54) is 0 Å². The number of benzene rings is 1. The number of nitrogens with zero attached hydrogens (tertiary/aromatic N) is 3. The molecule has 0 amide bonds. The van der Waals surface area contributed by atoms with E-state index in [9.17, 15) is 4.79 Å². The van der Waals surface area contributed by atoms with E-state index in [4.69, 9.17) is 0 Å². The van der Waals surface area contributed by atoms with Gasteiger partial charge >= 0.3 is 0 Å². The summed E-state index contributed by atoms with van der Waals surface area (Å²) in [6.07, 6.45) is 3.92. The first-order valence-electron chi connectivity index (χ1n) is 8.10. The normalized spacial score (nSPS) is 10.4. The molecule has 2 rings (SSSR count). The Morgan fingerprint density at radius 3 is 2.57 bits per heavy atom. The van der Waals surface area contributed by atoms with Gasteiger partial charge in [-0.1, -0.05) is 26.0 Å². The van der Waals surface area contributed by atoms with Crippen LogP contribution in [0.3, 0.4) is 0 Å². The Morgan fingerprint density at radius 1 is 1.17 bits per heavy atom. The molecule has 5 heteroatoms. The maximum absolute atomic E-state index is 11.5. The first-order valence-corrected chi connectivity index (χ1v) is 8.10. The Balaban J connectivity index is 2.19. The van der Waals surface area contributed by atoms with E-state index in [1.54, 1.807) is 19.2 Å². The first kappa shape index (κ1) is 16.9. The number of nitrogens with one attached hydrogen (secondary N) is 1. The van der Waals surface area contributed by atoms with Gasteiger partial charge in [0, 0.05) is 30.5 Å². The van der Waals surface area contributed by atoms with Crippen molar-refractivity contribution in [3.63, 3.8) is 0 Å². The first-order chi connectivity index (χ1) is 11.1. The van der Waals surface area contributed by atoms with E-state index < -0.39 is 0 Å². The Morgan fingerprint density at radius 2 is 1.91 bits per heavy atom. The van der Waals surface area contributed by atoms with Gasteiger partial charge in [0.2, 0.25) is 5.95 Å². The van der Waals surface area contributed by atoms with Gasteiger partial charge in [0.25, 0.3) is 0 Å². The van der Waals surface area contributed by atoms with Gasteiger partial charge in [-0.25, -0.2) is 4.98 Å². The molecule has 0 saturated carbocycles. The molecular weight excluding hydrogens is 288 g/mol. The summed E-state index contributed by atoms with van der Waals surface area (Å²) in [5.41, 5.74) is 1.48. The van der Waals surface area contributed by atoms with Crippen LogP contribution in [-0.4, -0.2) is 28.8 Å². The minimum absolute atomic E-state index is 0.0420. The lowest BCUT2D eigenvalue weighted by Crippen LogP contribution is -2.26. The second-order valence-corrected chi connectivity index (χ2v) is 5.49. The molecule has 1 heterocycles. The highest BCUT2D eigenvalue weighted by molar-refractivity contribution is 5.95. The highest BCUT2D eigenvalue weighted by Gasteiger charge is 2.08. The number of rotatable bonds is 8. The number of hydrogen-bond acceptors (Lipinski definition) is 5. The summed E-state index contributed by atoms with van der Waals surface area (Å²) < 4.78 is 0. The van der Waals surface area contributed by atoms with Gasteiger partial charge in [0.05, 0.1) is 0 Å². The van der Waals surface area contributed by atoms with Crippen molar-refractivity contribution in [2.75, 3.05) is 23.3 Å². The molecule has 1 aromatic carbocycles. The standard InChI is InChI=1S/C18H24N4O/c1-4-11-22(12-5-2)17-9-10-19-18(21-17)20-16-8-6-7-15(13-16)14(3)23/h6-10,13H,4-5,11-12H2,1-3H3,(H,19,20,21). The Hall–Kier alpha value is -2.43. The van der Waals surface area contributed by atoms with Gasteiger partial charge in [-0.05, 0) is 38.0 Å². The van der Waals surface area contributed by atoms with Gasteiger partial charge in [-0.15, -0.1) is 0 Å². The Kier molecular flexibility index (Phi) is 6.09. The number of aromatic nitrogens is 2. The fraction of sp³-hybridized carbons (Fsp3) is 0.389. The molecule has 0 aliphatic carbocycles. The lowest BCUT2D eigenvalue weighted by molar-refractivity contribution is 0.101. The van der Waals surface area contributed by atoms with E-state index in [1.807, 2.05) is 24.3 Å². The zero-order valence-corrected chi connectivity index (χ0v) is 14.0. The van der Waals surface area contributed by atoms with Crippen molar-refractivity contribution in [2.45, 2.75) is 33.6 Å². The van der Waals surface area contributed by atoms with Crippen molar-refractivity contribution in [2.24, 2.45) is 0 Å². The quantitative estimate of drug-likeness (QED) is 0.745. The van der Waals surface area contributed by atoms with E-state index in [0.717, 1.165) is 37.4 Å². The van der Waals surface area contributed by atoms with Crippen LogP contribution in [0.1, 0.15) is 44.0 Å². The van der Waals surface area contributed by atoms with Crippen molar-refractivity contribution in [1.82, 2.24) is 9.97 Å². The molecular formula is C18H24N4O. The fourth-order valence-corrected chi connectivity index (χ4v) is 2.41. The molecule has 0 atom stereocenters. The van der Waals surface area contributed by atoms with Crippen molar-refractivity contribution >= 4 is 23.2 Å². The van der Waals surface area contributed by atoms with Crippen molar-refractivity contribution in [3.8, 4) is 0 Å². The second kappa shape index (κ2) is 8.27. The minimum atomic E-state index is 0.0420. The molecule has 2 aromatic rings. The number of anilines is 3. The summed E-state index contributed by atoms with van der Waals surface area (Å²) in [4.78, 5) is 22.6. The maximum Gasteiger partial charge on any atom is 0.229 e. The molecule has 1 aromatic heterocycles. The largest absolute Gasteiger partial charge is 0.356 e. The number of carbonyl (C=O) groups is 1. The van der Waals surface area contributed by atoms with Gasteiger partial charge in [0.15, 0.2) is 5.78 Å². The topological polar surface area (TPSA) is 58.1 Å². The highest BCUT2D eigenvalue weighted by atomic mass is 16.1. The average molecular weight is 312 g/mol. The van der Waals surface area contributed by atoms with E-state index in [-0.39, 0.29) is 5.78 Å². The minimum Gasteiger partial charge on any atom is -0.356 e. The van der Waals surface area contributed by atoms with Gasteiger partial charge in [-0.2, -0.15) is 4.98 Å². The Bertz CT molecular complexity index is 651. The average Bonchev–Trinajstić information content (AvgIpc) is 2.55. The lowest BCUT2D eigenvalue weighted by atomic mass is 10.1. The molecule has 0 aliphatic heterocycles. The third kappa shape index (κ3) is 4.77. The molecule has 0 saturated heterocycles. The number of ketones is 1.